The Morgan fingerprint density at radius 1 is 1.47 bits per heavy atom. The summed E-state index contributed by atoms with van der Waals surface area (Å²) in [5.74, 6) is 0.0675. The van der Waals surface area contributed by atoms with Crippen molar-refractivity contribution in [1.82, 2.24) is 9.88 Å². The Morgan fingerprint density at radius 2 is 2.13 bits per heavy atom. The van der Waals surface area contributed by atoms with Crippen LogP contribution in [-0.4, -0.2) is 27.9 Å². The van der Waals surface area contributed by atoms with Crippen molar-refractivity contribution in [3.63, 3.8) is 0 Å². The van der Waals surface area contributed by atoms with Crippen LogP contribution >= 0.6 is 11.3 Å². The van der Waals surface area contributed by atoms with Crippen LogP contribution in [0, 0.1) is 0 Å². The molecule has 2 rings (SSSR count). The van der Waals surface area contributed by atoms with Crippen molar-refractivity contribution in [3.05, 3.63) is 10.6 Å². The van der Waals surface area contributed by atoms with Crippen molar-refractivity contribution in [3.8, 4) is 0 Å². The molecule has 0 saturated carbocycles. The summed E-state index contributed by atoms with van der Waals surface area (Å²) in [4.78, 5) is 18.9. The molecule has 82 valence electrons. The molecule has 0 bridgehead atoms. The van der Waals surface area contributed by atoms with Gasteiger partial charge in [0.05, 0.1) is 5.69 Å². The van der Waals surface area contributed by atoms with Crippen LogP contribution < -0.4 is 5.73 Å². The van der Waals surface area contributed by atoms with E-state index in [1.165, 1.54) is 11.3 Å². The van der Waals surface area contributed by atoms with Crippen LogP contribution in [0.2, 0.25) is 0 Å². The molecule has 1 aliphatic rings. The zero-order valence-corrected chi connectivity index (χ0v) is 10.0. The molecule has 1 aromatic rings. The Kier molecular flexibility index (Phi) is 2.22. The molecule has 1 aliphatic heterocycles. The number of aromatic nitrogens is 1. The summed E-state index contributed by atoms with van der Waals surface area (Å²) in [6.07, 6.45) is 0.812. The lowest BCUT2D eigenvalue weighted by atomic mass is 10.0. The van der Waals surface area contributed by atoms with Crippen molar-refractivity contribution in [2.45, 2.75) is 32.7 Å². The average molecular weight is 225 g/mol. The molecule has 1 amide bonds. The molecule has 0 radical (unpaired) electrons. The van der Waals surface area contributed by atoms with Crippen molar-refractivity contribution in [2.75, 3.05) is 12.3 Å². The first kappa shape index (κ1) is 10.4. The maximum atomic E-state index is 12.1. The van der Waals surface area contributed by atoms with Gasteiger partial charge in [0.1, 0.15) is 4.88 Å². The van der Waals surface area contributed by atoms with Crippen LogP contribution in [0.4, 0.5) is 5.13 Å². The van der Waals surface area contributed by atoms with Crippen LogP contribution in [0.5, 0.6) is 0 Å². The van der Waals surface area contributed by atoms with Crippen LogP contribution in [0.3, 0.4) is 0 Å². The van der Waals surface area contributed by atoms with E-state index >= 15 is 0 Å². The molecule has 0 fully saturated rings. The number of nitrogens with two attached hydrogens (primary N) is 1. The van der Waals surface area contributed by atoms with E-state index < -0.39 is 0 Å². The third-order valence-corrected chi connectivity index (χ3v) is 3.45. The molecule has 4 nitrogen and oxygen atoms in total. The van der Waals surface area contributed by atoms with E-state index in [-0.39, 0.29) is 11.4 Å². The van der Waals surface area contributed by atoms with E-state index in [4.69, 9.17) is 5.73 Å². The quantitative estimate of drug-likeness (QED) is 0.728. The minimum atomic E-state index is -0.131. The van der Waals surface area contributed by atoms with Gasteiger partial charge in [0, 0.05) is 18.5 Å². The highest BCUT2D eigenvalue weighted by Gasteiger charge is 2.34. The first-order valence-corrected chi connectivity index (χ1v) is 5.78. The molecule has 2 N–H and O–H groups in total. The number of carbonyl (C=O) groups is 1. The lowest BCUT2D eigenvalue weighted by Crippen LogP contribution is -2.48. The Morgan fingerprint density at radius 3 is 2.73 bits per heavy atom. The molecule has 1 aromatic heterocycles. The molecule has 0 spiro atoms. The van der Waals surface area contributed by atoms with Crippen molar-refractivity contribution in [2.24, 2.45) is 0 Å². The molecule has 0 aromatic carbocycles. The topological polar surface area (TPSA) is 59.2 Å². The van der Waals surface area contributed by atoms with Gasteiger partial charge in [-0.3, -0.25) is 4.79 Å². The first-order valence-electron chi connectivity index (χ1n) is 4.97. The number of rotatable bonds is 0. The monoisotopic (exact) mass is 225 g/mol. The zero-order valence-electron chi connectivity index (χ0n) is 9.20. The van der Waals surface area contributed by atoms with Gasteiger partial charge in [-0.15, -0.1) is 0 Å². The lowest BCUT2D eigenvalue weighted by Gasteiger charge is -2.37. The SMILES string of the molecule is CC(C)(C)N1CCc2nc(N)sc2C1=O. The number of hydrogen-bond donors (Lipinski definition) is 1. The second-order valence-corrected chi connectivity index (χ2v) is 5.74. The number of thiazole rings is 1. The predicted octanol–water partition coefficient (Wildman–Crippen LogP) is 1.52. The van der Waals surface area contributed by atoms with Gasteiger partial charge in [-0.2, -0.15) is 0 Å². The number of hydrogen-bond acceptors (Lipinski definition) is 4. The van der Waals surface area contributed by atoms with Gasteiger partial charge < -0.3 is 10.6 Å². The summed E-state index contributed by atoms with van der Waals surface area (Å²) >= 11 is 1.29. The number of carbonyl (C=O) groups excluding carboxylic acids is 1. The third-order valence-electron chi connectivity index (χ3n) is 2.54. The molecule has 0 atom stereocenters. The fourth-order valence-corrected chi connectivity index (χ4v) is 2.62. The van der Waals surface area contributed by atoms with Gasteiger partial charge in [0.25, 0.3) is 5.91 Å². The summed E-state index contributed by atoms with van der Waals surface area (Å²) in [5, 5.41) is 0.490. The summed E-state index contributed by atoms with van der Waals surface area (Å²) in [7, 11) is 0. The van der Waals surface area contributed by atoms with Crippen molar-refractivity contribution < 1.29 is 4.79 Å². The Balaban J connectivity index is 2.38. The number of fused-ring (bicyclic) bond motifs is 1. The van der Waals surface area contributed by atoms with Gasteiger partial charge in [0.15, 0.2) is 5.13 Å². The summed E-state index contributed by atoms with van der Waals surface area (Å²) < 4.78 is 0. The predicted molar refractivity (Wildman–Crippen MR) is 61.0 cm³/mol. The second kappa shape index (κ2) is 3.20. The fourth-order valence-electron chi connectivity index (χ4n) is 1.79. The average Bonchev–Trinajstić information content (AvgIpc) is 2.44. The number of amides is 1. The molecule has 2 heterocycles. The van der Waals surface area contributed by atoms with Gasteiger partial charge in [0.2, 0.25) is 0 Å². The van der Waals surface area contributed by atoms with Gasteiger partial charge >= 0.3 is 0 Å². The number of nitrogen functional groups attached to an aromatic ring is 1. The van der Waals surface area contributed by atoms with Crippen molar-refractivity contribution >= 4 is 22.4 Å². The first-order chi connectivity index (χ1) is 6.89. The summed E-state index contributed by atoms with van der Waals surface area (Å²) in [6, 6.07) is 0. The standard InChI is InChI=1S/C10H15N3OS/c1-10(2,3)13-5-4-6-7(8(13)14)15-9(11)12-6/h4-5H2,1-3H3,(H2,11,12). The van der Waals surface area contributed by atoms with E-state index in [2.05, 4.69) is 4.98 Å². The highest BCUT2D eigenvalue weighted by Crippen LogP contribution is 2.29. The van der Waals surface area contributed by atoms with Crippen LogP contribution in [-0.2, 0) is 6.42 Å². The lowest BCUT2D eigenvalue weighted by molar-refractivity contribution is 0.0567. The van der Waals surface area contributed by atoms with E-state index in [0.29, 0.717) is 10.0 Å². The highest BCUT2D eigenvalue weighted by molar-refractivity contribution is 7.17. The fraction of sp³-hybridized carbons (Fsp3) is 0.600. The third kappa shape index (κ3) is 1.71. The van der Waals surface area contributed by atoms with E-state index in [1.54, 1.807) is 0 Å². The van der Waals surface area contributed by atoms with Crippen molar-refractivity contribution in [1.29, 1.82) is 0 Å². The van der Waals surface area contributed by atoms with Gasteiger partial charge in [-0.1, -0.05) is 11.3 Å². The van der Waals surface area contributed by atoms with E-state index in [0.717, 1.165) is 18.7 Å². The van der Waals surface area contributed by atoms with Crippen LogP contribution in [0.25, 0.3) is 0 Å². The molecule has 15 heavy (non-hydrogen) atoms. The van der Waals surface area contributed by atoms with E-state index in [9.17, 15) is 4.79 Å². The molecule has 5 heteroatoms. The van der Waals surface area contributed by atoms with E-state index in [1.807, 2.05) is 25.7 Å². The van der Waals surface area contributed by atoms with Gasteiger partial charge in [-0.05, 0) is 20.8 Å². The van der Waals surface area contributed by atoms with Crippen LogP contribution in [0.1, 0.15) is 36.1 Å². The zero-order chi connectivity index (χ0) is 11.2. The smallest absolute Gasteiger partial charge is 0.266 e. The molecule has 0 unspecified atom stereocenters. The Labute approximate surface area is 93.1 Å². The summed E-state index contributed by atoms with van der Waals surface area (Å²) in [6.45, 7) is 6.86. The molecule has 0 aliphatic carbocycles. The normalized spacial score (nSPS) is 16.7. The second-order valence-electron chi connectivity index (χ2n) is 4.71. The Hall–Kier alpha value is -1.10. The van der Waals surface area contributed by atoms with Crippen LogP contribution in [0.15, 0.2) is 0 Å². The minimum Gasteiger partial charge on any atom is -0.375 e. The molecular formula is C10H15N3OS. The largest absolute Gasteiger partial charge is 0.375 e. The number of anilines is 1. The highest BCUT2D eigenvalue weighted by atomic mass is 32.1. The van der Waals surface area contributed by atoms with Gasteiger partial charge in [-0.25, -0.2) is 4.98 Å². The maximum Gasteiger partial charge on any atom is 0.266 e. The number of nitrogens with zero attached hydrogens (tertiary/aromatic N) is 2. The Bertz CT molecular complexity index is 405. The maximum absolute atomic E-state index is 12.1. The molecular weight excluding hydrogens is 210 g/mol. The minimum absolute atomic E-state index is 0.0675. The summed E-state index contributed by atoms with van der Waals surface area (Å²) in [5.41, 5.74) is 6.34. The molecule has 0 saturated heterocycles.